The third-order valence-electron chi connectivity index (χ3n) is 3.14. The largest absolute Gasteiger partial charge is 0.384 e. The molecule has 1 aromatic rings. The third kappa shape index (κ3) is 5.09. The molecule has 1 rings (SSSR count). The minimum Gasteiger partial charge on any atom is -0.384 e. The van der Waals surface area contributed by atoms with E-state index in [0.717, 1.165) is 17.6 Å². The Morgan fingerprint density at radius 1 is 1.28 bits per heavy atom. The molecule has 102 valence electrons. The first-order valence-corrected chi connectivity index (χ1v) is 7.31. The summed E-state index contributed by atoms with van der Waals surface area (Å²) in [6, 6.07) is 9.08. The number of benzene rings is 1. The summed E-state index contributed by atoms with van der Waals surface area (Å²) >= 11 is 3.55. The minimum absolute atomic E-state index is 0.477. The molecule has 18 heavy (non-hydrogen) atoms. The smallest absolute Gasteiger partial charge is 0.0494 e. The zero-order chi connectivity index (χ0) is 13.5. The third-order valence-corrected chi connectivity index (χ3v) is 3.63. The Kier molecular flexibility index (Phi) is 6.90. The second-order valence-corrected chi connectivity index (χ2v) is 6.07. The molecule has 0 aliphatic rings. The number of rotatable bonds is 7. The average molecular weight is 314 g/mol. The van der Waals surface area contributed by atoms with Crippen LogP contribution in [-0.4, -0.2) is 26.3 Å². The van der Waals surface area contributed by atoms with E-state index >= 15 is 0 Å². The Hall–Kier alpha value is -0.380. The van der Waals surface area contributed by atoms with Crippen molar-refractivity contribution in [2.24, 2.45) is 5.92 Å². The van der Waals surface area contributed by atoms with E-state index in [-0.39, 0.29) is 0 Å². The van der Waals surface area contributed by atoms with E-state index in [0.29, 0.717) is 17.9 Å². The maximum absolute atomic E-state index is 5.30. The molecule has 0 saturated carbocycles. The van der Waals surface area contributed by atoms with Crippen LogP contribution in [0.5, 0.6) is 0 Å². The van der Waals surface area contributed by atoms with Gasteiger partial charge in [-0.1, -0.05) is 48.8 Å². The van der Waals surface area contributed by atoms with Gasteiger partial charge < -0.3 is 10.1 Å². The highest BCUT2D eigenvalue weighted by Gasteiger charge is 2.19. The number of hydrogen-bond donors (Lipinski definition) is 1. The van der Waals surface area contributed by atoms with Gasteiger partial charge in [0, 0.05) is 36.7 Å². The normalized spacial score (nSPS) is 14.8. The molecule has 0 aromatic heterocycles. The molecule has 1 N–H and O–H groups in total. The fourth-order valence-electron chi connectivity index (χ4n) is 2.13. The Balaban J connectivity index is 2.81. The molecule has 2 nitrogen and oxygen atoms in total. The lowest BCUT2D eigenvalue weighted by Gasteiger charge is -2.25. The lowest BCUT2D eigenvalue weighted by Crippen LogP contribution is -2.31. The van der Waals surface area contributed by atoms with Crippen LogP contribution in [0.2, 0.25) is 0 Å². The van der Waals surface area contributed by atoms with Gasteiger partial charge in [0.05, 0.1) is 0 Å². The van der Waals surface area contributed by atoms with Crippen LogP contribution in [0.4, 0.5) is 0 Å². The van der Waals surface area contributed by atoms with E-state index in [2.05, 4.69) is 66.3 Å². The summed E-state index contributed by atoms with van der Waals surface area (Å²) in [7, 11) is 1.77. The van der Waals surface area contributed by atoms with Gasteiger partial charge in [0.2, 0.25) is 0 Å². The summed E-state index contributed by atoms with van der Waals surface area (Å²) < 4.78 is 6.44. The van der Waals surface area contributed by atoms with Gasteiger partial charge in [-0.25, -0.2) is 0 Å². The highest BCUT2D eigenvalue weighted by atomic mass is 79.9. The SMILES string of the molecule is COCC(C)C(CNC(C)C)c1cccc(Br)c1. The van der Waals surface area contributed by atoms with Gasteiger partial charge in [-0.2, -0.15) is 0 Å². The van der Waals surface area contributed by atoms with Crippen LogP contribution in [0.1, 0.15) is 32.3 Å². The van der Waals surface area contributed by atoms with Crippen molar-refractivity contribution < 1.29 is 4.74 Å². The van der Waals surface area contributed by atoms with Crippen molar-refractivity contribution in [3.05, 3.63) is 34.3 Å². The second-order valence-electron chi connectivity index (χ2n) is 5.16. The first-order valence-electron chi connectivity index (χ1n) is 6.52. The van der Waals surface area contributed by atoms with Crippen molar-refractivity contribution in [1.82, 2.24) is 5.32 Å². The first kappa shape index (κ1) is 15.7. The summed E-state index contributed by atoms with van der Waals surface area (Å²) in [4.78, 5) is 0. The second kappa shape index (κ2) is 7.93. The number of hydrogen-bond acceptors (Lipinski definition) is 2. The van der Waals surface area contributed by atoms with Gasteiger partial charge >= 0.3 is 0 Å². The van der Waals surface area contributed by atoms with Crippen molar-refractivity contribution in [2.45, 2.75) is 32.7 Å². The number of ether oxygens (including phenoxy) is 1. The van der Waals surface area contributed by atoms with Crippen molar-refractivity contribution >= 4 is 15.9 Å². The molecule has 0 radical (unpaired) electrons. The topological polar surface area (TPSA) is 21.3 Å². The Morgan fingerprint density at radius 3 is 2.56 bits per heavy atom. The number of methoxy groups -OCH3 is 1. The summed E-state index contributed by atoms with van der Waals surface area (Å²) in [6.07, 6.45) is 0. The molecule has 0 spiro atoms. The molecule has 0 aliphatic carbocycles. The quantitative estimate of drug-likeness (QED) is 0.826. The van der Waals surface area contributed by atoms with Crippen LogP contribution in [0.15, 0.2) is 28.7 Å². The zero-order valence-corrected chi connectivity index (χ0v) is 13.3. The average Bonchev–Trinajstić information content (AvgIpc) is 2.29. The minimum atomic E-state index is 0.477. The van der Waals surface area contributed by atoms with Crippen LogP contribution < -0.4 is 5.32 Å². The van der Waals surface area contributed by atoms with E-state index in [9.17, 15) is 0 Å². The van der Waals surface area contributed by atoms with Crippen molar-refractivity contribution in [3.63, 3.8) is 0 Å². The monoisotopic (exact) mass is 313 g/mol. The molecule has 0 bridgehead atoms. The predicted molar refractivity (Wildman–Crippen MR) is 81.1 cm³/mol. The molecular formula is C15H24BrNO. The highest BCUT2D eigenvalue weighted by Crippen LogP contribution is 2.26. The van der Waals surface area contributed by atoms with Crippen molar-refractivity contribution in [2.75, 3.05) is 20.3 Å². The lowest BCUT2D eigenvalue weighted by molar-refractivity contribution is 0.145. The van der Waals surface area contributed by atoms with Crippen molar-refractivity contribution in [1.29, 1.82) is 0 Å². The molecule has 2 atom stereocenters. The zero-order valence-electron chi connectivity index (χ0n) is 11.7. The van der Waals surface area contributed by atoms with Gasteiger partial charge in [0.1, 0.15) is 0 Å². The van der Waals surface area contributed by atoms with Crippen LogP contribution in [0, 0.1) is 5.92 Å². The molecule has 3 heteroatoms. The summed E-state index contributed by atoms with van der Waals surface area (Å²) in [6.45, 7) is 8.38. The van der Waals surface area contributed by atoms with Gasteiger partial charge in [-0.3, -0.25) is 0 Å². The Labute approximate surface area is 119 Å². The molecular weight excluding hydrogens is 290 g/mol. The molecule has 0 heterocycles. The van der Waals surface area contributed by atoms with E-state index in [1.165, 1.54) is 5.56 Å². The molecule has 0 aliphatic heterocycles. The fourth-order valence-corrected chi connectivity index (χ4v) is 2.54. The van der Waals surface area contributed by atoms with Gasteiger partial charge in [0.15, 0.2) is 0 Å². The number of halogens is 1. The van der Waals surface area contributed by atoms with Crippen LogP contribution in [0.25, 0.3) is 0 Å². The Bertz CT molecular complexity index is 354. The van der Waals surface area contributed by atoms with Crippen molar-refractivity contribution in [3.8, 4) is 0 Å². The first-order chi connectivity index (χ1) is 8.54. The summed E-state index contributed by atoms with van der Waals surface area (Å²) in [5.41, 5.74) is 1.36. The van der Waals surface area contributed by atoms with E-state index < -0.39 is 0 Å². The predicted octanol–water partition coefficient (Wildman–Crippen LogP) is 3.81. The molecule has 0 fully saturated rings. The Morgan fingerprint density at radius 2 is 2.00 bits per heavy atom. The van der Waals surface area contributed by atoms with E-state index in [1.807, 2.05) is 0 Å². The fraction of sp³-hybridized carbons (Fsp3) is 0.600. The highest BCUT2D eigenvalue weighted by molar-refractivity contribution is 9.10. The van der Waals surface area contributed by atoms with E-state index in [1.54, 1.807) is 7.11 Å². The molecule has 2 unspecified atom stereocenters. The maximum atomic E-state index is 5.30. The lowest BCUT2D eigenvalue weighted by atomic mass is 9.87. The standard InChI is InChI=1S/C15H24BrNO/c1-11(2)17-9-15(12(3)10-18-4)13-6-5-7-14(16)8-13/h5-8,11-12,15,17H,9-10H2,1-4H3. The van der Waals surface area contributed by atoms with Crippen LogP contribution >= 0.6 is 15.9 Å². The van der Waals surface area contributed by atoms with Crippen LogP contribution in [-0.2, 0) is 4.74 Å². The molecule has 0 saturated heterocycles. The van der Waals surface area contributed by atoms with Gasteiger partial charge in [-0.05, 0) is 23.6 Å². The molecule has 0 amide bonds. The van der Waals surface area contributed by atoms with Crippen LogP contribution in [0.3, 0.4) is 0 Å². The van der Waals surface area contributed by atoms with E-state index in [4.69, 9.17) is 4.74 Å². The van der Waals surface area contributed by atoms with Gasteiger partial charge in [0.25, 0.3) is 0 Å². The maximum Gasteiger partial charge on any atom is 0.0494 e. The summed E-state index contributed by atoms with van der Waals surface area (Å²) in [5, 5.41) is 3.53. The van der Waals surface area contributed by atoms with Gasteiger partial charge in [-0.15, -0.1) is 0 Å². The summed E-state index contributed by atoms with van der Waals surface area (Å²) in [5.74, 6) is 0.973. The molecule has 1 aromatic carbocycles. The number of nitrogens with one attached hydrogen (secondary N) is 1.